The normalized spacial score (nSPS) is 20.8. The van der Waals surface area contributed by atoms with Gasteiger partial charge >= 0.3 is 5.97 Å². The average Bonchev–Trinajstić information content (AvgIpc) is 2.53. The van der Waals surface area contributed by atoms with Gasteiger partial charge in [-0.2, -0.15) is 4.31 Å². The molecule has 1 aliphatic rings. The van der Waals surface area contributed by atoms with Crippen molar-refractivity contribution in [2.24, 2.45) is 0 Å². The van der Waals surface area contributed by atoms with Crippen LogP contribution < -0.4 is 0 Å². The van der Waals surface area contributed by atoms with Gasteiger partial charge in [-0.05, 0) is 38.0 Å². The zero-order chi connectivity index (χ0) is 17.7. The van der Waals surface area contributed by atoms with E-state index in [0.717, 1.165) is 5.57 Å². The summed E-state index contributed by atoms with van der Waals surface area (Å²) in [5, 5.41) is 0. The first-order valence-corrected chi connectivity index (χ1v) is 9.31. The molecule has 0 amide bonds. The maximum Gasteiger partial charge on any atom is 0.303 e. The SMILES string of the molecule is C=C(C)CN([C@H]1C=C[C@H](OC(C)=O)CC1)S(=O)(=O)c1ccccc1. The summed E-state index contributed by atoms with van der Waals surface area (Å²) in [5.41, 5.74) is 0.769. The molecule has 0 fully saturated rings. The number of esters is 1. The number of carbonyl (C=O) groups excluding carboxylic acids is 1. The lowest BCUT2D eigenvalue weighted by Gasteiger charge is -2.32. The third kappa shape index (κ3) is 4.55. The number of ether oxygens (including phenoxy) is 1. The second-order valence-corrected chi connectivity index (χ2v) is 7.89. The van der Waals surface area contributed by atoms with E-state index in [1.165, 1.54) is 11.2 Å². The molecule has 0 unspecified atom stereocenters. The van der Waals surface area contributed by atoms with Gasteiger partial charge in [0.25, 0.3) is 0 Å². The Morgan fingerprint density at radius 3 is 2.38 bits per heavy atom. The number of rotatable bonds is 6. The Kier molecular flexibility index (Phi) is 5.96. The number of nitrogens with zero attached hydrogens (tertiary/aromatic N) is 1. The minimum atomic E-state index is -3.62. The predicted molar refractivity (Wildman–Crippen MR) is 92.9 cm³/mol. The molecule has 2 rings (SSSR count). The summed E-state index contributed by atoms with van der Waals surface area (Å²) in [6, 6.07) is 8.10. The molecule has 0 spiro atoms. The minimum Gasteiger partial charge on any atom is -0.458 e. The van der Waals surface area contributed by atoms with E-state index in [0.29, 0.717) is 12.8 Å². The van der Waals surface area contributed by atoms with E-state index < -0.39 is 10.0 Å². The number of hydrogen-bond acceptors (Lipinski definition) is 4. The van der Waals surface area contributed by atoms with E-state index >= 15 is 0 Å². The van der Waals surface area contributed by atoms with E-state index in [4.69, 9.17) is 4.74 Å². The van der Waals surface area contributed by atoms with Crippen LogP contribution in [-0.2, 0) is 19.6 Å². The molecule has 1 aromatic carbocycles. The summed E-state index contributed by atoms with van der Waals surface area (Å²) in [7, 11) is -3.62. The van der Waals surface area contributed by atoms with Crippen LogP contribution in [-0.4, -0.2) is 37.4 Å². The first-order valence-electron chi connectivity index (χ1n) is 7.87. The van der Waals surface area contributed by atoms with Gasteiger partial charge in [-0.3, -0.25) is 4.79 Å². The highest BCUT2D eigenvalue weighted by molar-refractivity contribution is 7.89. The van der Waals surface area contributed by atoms with Crippen molar-refractivity contribution < 1.29 is 17.9 Å². The van der Waals surface area contributed by atoms with Gasteiger partial charge in [0.2, 0.25) is 10.0 Å². The fourth-order valence-electron chi connectivity index (χ4n) is 2.71. The molecule has 1 aromatic rings. The molecule has 0 N–H and O–H groups in total. The standard InChI is InChI=1S/C18H23NO4S/c1-14(2)13-19(24(21,22)18-7-5-4-6-8-18)16-9-11-17(12-10-16)23-15(3)20/h4-9,11,16-17H,1,10,12-13H2,2-3H3/t16-,17-/m0/s1. The zero-order valence-electron chi connectivity index (χ0n) is 14.0. The van der Waals surface area contributed by atoms with Crippen LogP contribution in [0.4, 0.5) is 0 Å². The van der Waals surface area contributed by atoms with E-state index in [-0.39, 0.29) is 29.6 Å². The maximum absolute atomic E-state index is 13.0. The summed E-state index contributed by atoms with van der Waals surface area (Å²) >= 11 is 0. The molecule has 0 saturated carbocycles. The highest BCUT2D eigenvalue weighted by atomic mass is 32.2. The maximum atomic E-state index is 13.0. The molecule has 0 aromatic heterocycles. The van der Waals surface area contributed by atoms with Crippen LogP contribution in [0.25, 0.3) is 0 Å². The molecule has 6 heteroatoms. The van der Waals surface area contributed by atoms with Crippen molar-refractivity contribution in [3.05, 3.63) is 54.6 Å². The highest BCUT2D eigenvalue weighted by Crippen LogP contribution is 2.26. The Labute approximate surface area is 143 Å². The molecule has 0 bridgehead atoms. The van der Waals surface area contributed by atoms with Crippen molar-refractivity contribution in [2.75, 3.05) is 6.54 Å². The Hall–Kier alpha value is -1.92. The van der Waals surface area contributed by atoms with Gasteiger partial charge in [0.1, 0.15) is 6.10 Å². The van der Waals surface area contributed by atoms with E-state index in [1.54, 1.807) is 42.5 Å². The molecule has 0 radical (unpaired) electrons. The third-order valence-corrected chi connectivity index (χ3v) is 5.64. The Morgan fingerprint density at radius 1 is 1.21 bits per heavy atom. The van der Waals surface area contributed by atoms with Gasteiger partial charge in [-0.25, -0.2) is 8.42 Å². The van der Waals surface area contributed by atoms with Gasteiger partial charge < -0.3 is 4.74 Å². The van der Waals surface area contributed by atoms with Gasteiger partial charge in [0.05, 0.1) is 4.90 Å². The second-order valence-electron chi connectivity index (χ2n) is 6.00. The smallest absolute Gasteiger partial charge is 0.303 e. The zero-order valence-corrected chi connectivity index (χ0v) is 14.8. The fraction of sp³-hybridized carbons (Fsp3) is 0.389. The first-order chi connectivity index (χ1) is 11.3. The lowest BCUT2D eigenvalue weighted by atomic mass is 10.0. The molecule has 0 aliphatic heterocycles. The monoisotopic (exact) mass is 349 g/mol. The third-order valence-electron chi connectivity index (χ3n) is 3.76. The molecule has 5 nitrogen and oxygen atoms in total. The van der Waals surface area contributed by atoms with Crippen molar-refractivity contribution >= 4 is 16.0 Å². The first kappa shape index (κ1) is 18.4. The van der Waals surface area contributed by atoms with Crippen molar-refractivity contribution in [3.8, 4) is 0 Å². The number of hydrogen-bond donors (Lipinski definition) is 0. The van der Waals surface area contributed by atoms with Crippen LogP contribution in [0.15, 0.2) is 59.5 Å². The van der Waals surface area contributed by atoms with Crippen LogP contribution in [0.2, 0.25) is 0 Å². The van der Waals surface area contributed by atoms with E-state index in [2.05, 4.69) is 6.58 Å². The Balaban J connectivity index is 2.27. The van der Waals surface area contributed by atoms with Crippen LogP contribution in [0, 0.1) is 0 Å². The van der Waals surface area contributed by atoms with Crippen molar-refractivity contribution in [3.63, 3.8) is 0 Å². The van der Waals surface area contributed by atoms with Crippen LogP contribution in [0.1, 0.15) is 26.7 Å². The molecule has 24 heavy (non-hydrogen) atoms. The van der Waals surface area contributed by atoms with Gasteiger partial charge in [-0.15, -0.1) is 0 Å². The van der Waals surface area contributed by atoms with Gasteiger partial charge in [-0.1, -0.05) is 36.4 Å². The molecule has 130 valence electrons. The Morgan fingerprint density at radius 2 is 1.88 bits per heavy atom. The second kappa shape index (κ2) is 7.77. The molecule has 0 saturated heterocycles. The summed E-state index contributed by atoms with van der Waals surface area (Å²) in [4.78, 5) is 11.3. The number of benzene rings is 1. The summed E-state index contributed by atoms with van der Waals surface area (Å²) in [5.74, 6) is -0.334. The van der Waals surface area contributed by atoms with Gasteiger partial charge in [0, 0.05) is 19.5 Å². The molecule has 1 aliphatic carbocycles. The van der Waals surface area contributed by atoms with Crippen LogP contribution >= 0.6 is 0 Å². The summed E-state index contributed by atoms with van der Waals surface area (Å²) in [6.07, 6.45) is 4.47. The molecular weight excluding hydrogens is 326 g/mol. The summed E-state index contributed by atoms with van der Waals surface area (Å²) in [6.45, 7) is 7.28. The van der Waals surface area contributed by atoms with Crippen molar-refractivity contribution in [1.82, 2.24) is 4.31 Å². The largest absolute Gasteiger partial charge is 0.458 e. The quantitative estimate of drug-likeness (QED) is 0.585. The van der Waals surface area contributed by atoms with Crippen molar-refractivity contribution in [1.29, 1.82) is 0 Å². The minimum absolute atomic E-state index is 0.254. The Bertz CT molecular complexity index is 725. The predicted octanol–water partition coefficient (Wildman–Crippen LogP) is 2.90. The van der Waals surface area contributed by atoms with Crippen LogP contribution in [0.3, 0.4) is 0 Å². The van der Waals surface area contributed by atoms with Crippen molar-refractivity contribution in [2.45, 2.75) is 43.7 Å². The summed E-state index contributed by atoms with van der Waals surface area (Å²) < 4.78 is 32.6. The highest BCUT2D eigenvalue weighted by Gasteiger charge is 2.32. The molecule has 2 atom stereocenters. The topological polar surface area (TPSA) is 63.7 Å². The average molecular weight is 349 g/mol. The number of carbonyl (C=O) groups is 1. The van der Waals surface area contributed by atoms with E-state index in [9.17, 15) is 13.2 Å². The van der Waals surface area contributed by atoms with E-state index in [1.807, 2.05) is 6.92 Å². The lowest BCUT2D eigenvalue weighted by Crippen LogP contribution is -2.42. The fourth-order valence-corrected chi connectivity index (χ4v) is 4.40. The van der Waals surface area contributed by atoms with Crippen LogP contribution in [0.5, 0.6) is 0 Å². The number of sulfonamides is 1. The van der Waals surface area contributed by atoms with Gasteiger partial charge in [0.15, 0.2) is 0 Å². The molecule has 0 heterocycles. The lowest BCUT2D eigenvalue weighted by molar-refractivity contribution is -0.144. The molecular formula is C18H23NO4S.